The molecule has 2 aromatic rings. The molecule has 0 aliphatic heterocycles. The normalized spacial score (nSPS) is 25.3. The summed E-state index contributed by atoms with van der Waals surface area (Å²) in [5.41, 5.74) is 2.00. The van der Waals surface area contributed by atoms with Crippen molar-refractivity contribution in [3.05, 3.63) is 30.0 Å². The van der Waals surface area contributed by atoms with Crippen molar-refractivity contribution >= 4 is 16.8 Å². The first-order valence-electron chi connectivity index (χ1n) is 8.28. The zero-order chi connectivity index (χ0) is 15.7. The van der Waals surface area contributed by atoms with Gasteiger partial charge in [0.1, 0.15) is 6.54 Å². The average Bonchev–Trinajstić information content (AvgIpc) is 2.81. The standard InChI is InChI=1S/C18H25N3O/c1-12-7-6-9-16(13(12)2)19-18(22)11-21-17-10-5-4-8-15(17)14(3)20-21/h4-5,8,10,12-13,16H,6-7,9,11H2,1-3H3,(H,19,22). The van der Waals surface area contributed by atoms with E-state index in [0.29, 0.717) is 24.4 Å². The third kappa shape index (κ3) is 2.87. The van der Waals surface area contributed by atoms with Crippen LogP contribution in [0.2, 0.25) is 0 Å². The van der Waals surface area contributed by atoms with Crippen LogP contribution in [0.15, 0.2) is 24.3 Å². The molecular weight excluding hydrogens is 274 g/mol. The van der Waals surface area contributed by atoms with Crippen molar-refractivity contribution in [2.45, 2.75) is 52.6 Å². The van der Waals surface area contributed by atoms with Crippen molar-refractivity contribution in [2.75, 3.05) is 0 Å². The molecule has 3 rings (SSSR count). The second-order valence-corrected chi connectivity index (χ2v) is 6.70. The van der Waals surface area contributed by atoms with E-state index >= 15 is 0 Å². The fourth-order valence-electron chi connectivity index (χ4n) is 3.59. The maximum atomic E-state index is 12.4. The van der Waals surface area contributed by atoms with Crippen LogP contribution in [0.3, 0.4) is 0 Å². The van der Waals surface area contributed by atoms with Crippen molar-refractivity contribution in [1.29, 1.82) is 0 Å². The van der Waals surface area contributed by atoms with Gasteiger partial charge in [-0.05, 0) is 31.2 Å². The van der Waals surface area contributed by atoms with E-state index in [9.17, 15) is 4.79 Å². The summed E-state index contributed by atoms with van der Waals surface area (Å²) in [5, 5.41) is 8.85. The van der Waals surface area contributed by atoms with E-state index in [0.717, 1.165) is 23.0 Å². The Hall–Kier alpha value is -1.84. The minimum Gasteiger partial charge on any atom is -0.351 e. The van der Waals surface area contributed by atoms with Crippen LogP contribution in [0.5, 0.6) is 0 Å². The van der Waals surface area contributed by atoms with E-state index in [1.807, 2.05) is 29.8 Å². The van der Waals surface area contributed by atoms with Crippen molar-refractivity contribution in [1.82, 2.24) is 15.1 Å². The molecule has 1 aliphatic rings. The molecule has 1 aromatic heterocycles. The SMILES string of the molecule is Cc1nn(CC(=O)NC2CCCC(C)C2C)c2ccccc12. The number of nitrogens with zero attached hydrogens (tertiary/aromatic N) is 2. The minimum absolute atomic E-state index is 0.0687. The summed E-state index contributed by atoms with van der Waals surface area (Å²) in [7, 11) is 0. The van der Waals surface area contributed by atoms with Crippen LogP contribution in [-0.2, 0) is 11.3 Å². The van der Waals surface area contributed by atoms with Crippen LogP contribution >= 0.6 is 0 Å². The van der Waals surface area contributed by atoms with Gasteiger partial charge in [0.25, 0.3) is 0 Å². The number of aryl methyl sites for hydroxylation is 1. The smallest absolute Gasteiger partial charge is 0.241 e. The Morgan fingerprint density at radius 1 is 1.32 bits per heavy atom. The van der Waals surface area contributed by atoms with Crippen molar-refractivity contribution in [2.24, 2.45) is 11.8 Å². The maximum absolute atomic E-state index is 12.4. The molecule has 4 heteroatoms. The number of benzene rings is 1. The molecule has 118 valence electrons. The van der Waals surface area contributed by atoms with Crippen molar-refractivity contribution in [3.8, 4) is 0 Å². The number of rotatable bonds is 3. The van der Waals surface area contributed by atoms with Gasteiger partial charge < -0.3 is 5.32 Å². The molecule has 1 aliphatic carbocycles. The molecule has 1 N–H and O–H groups in total. The van der Waals surface area contributed by atoms with Crippen molar-refractivity contribution in [3.63, 3.8) is 0 Å². The third-order valence-electron chi connectivity index (χ3n) is 5.19. The zero-order valence-electron chi connectivity index (χ0n) is 13.7. The molecule has 0 saturated heterocycles. The summed E-state index contributed by atoms with van der Waals surface area (Å²) in [6, 6.07) is 8.37. The summed E-state index contributed by atoms with van der Waals surface area (Å²) >= 11 is 0. The molecule has 4 nitrogen and oxygen atoms in total. The van der Waals surface area contributed by atoms with Gasteiger partial charge in [-0.15, -0.1) is 0 Å². The maximum Gasteiger partial charge on any atom is 0.241 e. The first-order chi connectivity index (χ1) is 10.6. The Kier molecular flexibility index (Phi) is 4.19. The van der Waals surface area contributed by atoms with Gasteiger partial charge in [-0.1, -0.05) is 44.9 Å². The molecule has 1 fully saturated rings. The molecule has 22 heavy (non-hydrogen) atoms. The Morgan fingerprint density at radius 2 is 2.09 bits per heavy atom. The number of hydrogen-bond donors (Lipinski definition) is 1. The lowest BCUT2D eigenvalue weighted by Gasteiger charge is -2.34. The summed E-state index contributed by atoms with van der Waals surface area (Å²) in [5.74, 6) is 1.31. The molecule has 0 bridgehead atoms. The fraction of sp³-hybridized carbons (Fsp3) is 0.556. The number of carbonyl (C=O) groups excluding carboxylic acids is 1. The predicted molar refractivity (Wildman–Crippen MR) is 88.6 cm³/mol. The molecular formula is C18H25N3O. The summed E-state index contributed by atoms with van der Waals surface area (Å²) in [6.45, 7) is 6.82. The fourth-order valence-corrected chi connectivity index (χ4v) is 3.59. The summed E-state index contributed by atoms with van der Waals surface area (Å²) < 4.78 is 1.82. The highest BCUT2D eigenvalue weighted by atomic mass is 16.2. The molecule has 0 radical (unpaired) electrons. The van der Waals surface area contributed by atoms with Gasteiger partial charge in [0.05, 0.1) is 11.2 Å². The molecule has 1 saturated carbocycles. The van der Waals surface area contributed by atoms with E-state index in [4.69, 9.17) is 0 Å². The molecule has 3 unspecified atom stereocenters. The molecule has 1 amide bonds. The number of hydrogen-bond acceptors (Lipinski definition) is 2. The predicted octanol–water partition coefficient (Wildman–Crippen LogP) is 3.29. The van der Waals surface area contributed by atoms with Crippen LogP contribution in [0.25, 0.3) is 10.9 Å². The minimum atomic E-state index is 0.0687. The third-order valence-corrected chi connectivity index (χ3v) is 5.19. The van der Waals surface area contributed by atoms with Gasteiger partial charge in [0.2, 0.25) is 5.91 Å². The topological polar surface area (TPSA) is 46.9 Å². The largest absolute Gasteiger partial charge is 0.351 e. The van der Waals surface area contributed by atoms with Crippen LogP contribution in [0.1, 0.15) is 38.8 Å². The van der Waals surface area contributed by atoms with E-state index in [2.05, 4.69) is 30.3 Å². The van der Waals surface area contributed by atoms with Crippen molar-refractivity contribution < 1.29 is 4.79 Å². The zero-order valence-corrected chi connectivity index (χ0v) is 13.7. The molecule has 1 heterocycles. The number of amides is 1. The highest BCUT2D eigenvalue weighted by molar-refractivity contribution is 5.84. The lowest BCUT2D eigenvalue weighted by molar-refractivity contribution is -0.123. The highest BCUT2D eigenvalue weighted by Gasteiger charge is 2.28. The molecule has 3 atom stereocenters. The van der Waals surface area contributed by atoms with Gasteiger partial charge in [-0.25, -0.2) is 0 Å². The van der Waals surface area contributed by atoms with Gasteiger partial charge >= 0.3 is 0 Å². The number of fused-ring (bicyclic) bond motifs is 1. The van der Waals surface area contributed by atoms with E-state index in [1.165, 1.54) is 12.8 Å². The summed E-state index contributed by atoms with van der Waals surface area (Å²) in [4.78, 5) is 12.4. The van der Waals surface area contributed by atoms with Gasteiger partial charge in [0.15, 0.2) is 0 Å². The highest BCUT2D eigenvalue weighted by Crippen LogP contribution is 2.29. The van der Waals surface area contributed by atoms with E-state index in [1.54, 1.807) is 0 Å². The number of nitrogens with one attached hydrogen (secondary N) is 1. The van der Waals surface area contributed by atoms with Crippen LogP contribution in [0, 0.1) is 18.8 Å². The Balaban J connectivity index is 1.71. The number of carbonyl (C=O) groups is 1. The quantitative estimate of drug-likeness (QED) is 0.945. The number of para-hydroxylation sites is 1. The number of aromatic nitrogens is 2. The first-order valence-corrected chi connectivity index (χ1v) is 8.28. The van der Waals surface area contributed by atoms with Gasteiger partial charge in [-0.3, -0.25) is 9.48 Å². The Morgan fingerprint density at radius 3 is 2.91 bits per heavy atom. The van der Waals surface area contributed by atoms with Crippen LogP contribution < -0.4 is 5.32 Å². The lowest BCUT2D eigenvalue weighted by Crippen LogP contribution is -2.44. The van der Waals surface area contributed by atoms with Gasteiger partial charge in [0, 0.05) is 11.4 Å². The Labute approximate surface area is 131 Å². The van der Waals surface area contributed by atoms with Gasteiger partial charge in [-0.2, -0.15) is 5.10 Å². The summed E-state index contributed by atoms with van der Waals surface area (Å²) in [6.07, 6.45) is 3.58. The van der Waals surface area contributed by atoms with E-state index in [-0.39, 0.29) is 5.91 Å². The molecule has 0 spiro atoms. The second kappa shape index (κ2) is 6.11. The molecule has 1 aromatic carbocycles. The van der Waals surface area contributed by atoms with E-state index < -0.39 is 0 Å². The first kappa shape index (κ1) is 15.1. The monoisotopic (exact) mass is 299 g/mol. The van der Waals surface area contributed by atoms with Crippen LogP contribution in [-0.4, -0.2) is 21.7 Å². The lowest BCUT2D eigenvalue weighted by atomic mass is 9.78. The Bertz CT molecular complexity index is 676. The average molecular weight is 299 g/mol. The second-order valence-electron chi connectivity index (χ2n) is 6.70. The van der Waals surface area contributed by atoms with Crippen LogP contribution in [0.4, 0.5) is 0 Å².